The van der Waals surface area contributed by atoms with Crippen LogP contribution >= 0.6 is 0 Å². The van der Waals surface area contributed by atoms with E-state index in [1.807, 2.05) is 0 Å². The number of aliphatic hydroxyl groups excluding tert-OH is 1. The van der Waals surface area contributed by atoms with Crippen molar-refractivity contribution in [3.05, 3.63) is 40.2 Å². The Morgan fingerprint density at radius 2 is 2.44 bits per heavy atom. The molecule has 1 rings (SSSR count). The van der Waals surface area contributed by atoms with E-state index in [2.05, 4.69) is 5.29 Å². The van der Waals surface area contributed by atoms with Gasteiger partial charge in [-0.3, -0.25) is 5.01 Å². The molecule has 6 nitrogen and oxygen atoms in total. The van der Waals surface area contributed by atoms with Crippen molar-refractivity contribution in [3.63, 3.8) is 0 Å². The Morgan fingerprint density at radius 3 is 3.06 bits per heavy atom. The molecule has 0 unspecified atom stereocenters. The molecule has 0 aliphatic heterocycles. The Hall–Kier alpha value is -1.69. The van der Waals surface area contributed by atoms with Crippen molar-refractivity contribution >= 4 is 0 Å². The van der Waals surface area contributed by atoms with Gasteiger partial charge in [-0.2, -0.15) is 4.73 Å². The number of pyridine rings is 1. The lowest BCUT2D eigenvalue weighted by atomic mass is 10.1. The van der Waals surface area contributed by atoms with Crippen molar-refractivity contribution in [3.8, 4) is 0 Å². The highest BCUT2D eigenvalue weighted by Crippen LogP contribution is 2.16. The Morgan fingerprint density at radius 1 is 1.69 bits per heavy atom. The maximum atomic E-state index is 11.0. The van der Waals surface area contributed by atoms with Crippen LogP contribution in [0.15, 0.2) is 29.8 Å². The van der Waals surface area contributed by atoms with Crippen LogP contribution in [0.4, 0.5) is 0 Å². The van der Waals surface area contributed by atoms with Crippen molar-refractivity contribution in [1.82, 2.24) is 5.01 Å². The van der Waals surface area contributed by atoms with Gasteiger partial charge in [0, 0.05) is 25.2 Å². The van der Waals surface area contributed by atoms with Gasteiger partial charge in [0.1, 0.15) is 0 Å². The molecule has 0 aliphatic carbocycles. The average Bonchev–Trinajstić information content (AvgIpc) is 2.28. The number of nitroso groups, excluding NO2 is 1. The molecule has 1 aromatic heterocycles. The zero-order valence-corrected chi connectivity index (χ0v) is 9.11. The SMILES string of the molecule is CN(CCC[C@H](O)c1ccc[n+]([O-])c1)N=O. The molecule has 0 fully saturated rings. The van der Waals surface area contributed by atoms with Gasteiger partial charge in [0.25, 0.3) is 0 Å². The van der Waals surface area contributed by atoms with Crippen LogP contribution in [-0.4, -0.2) is 23.7 Å². The third-order valence-electron chi connectivity index (χ3n) is 2.28. The highest BCUT2D eigenvalue weighted by Gasteiger charge is 2.10. The molecule has 0 saturated heterocycles. The smallest absolute Gasteiger partial charge is 0.186 e. The van der Waals surface area contributed by atoms with E-state index < -0.39 is 6.10 Å². The summed E-state index contributed by atoms with van der Waals surface area (Å²) >= 11 is 0. The monoisotopic (exact) mass is 225 g/mol. The Labute approximate surface area is 93.7 Å². The van der Waals surface area contributed by atoms with Crippen molar-refractivity contribution in [2.45, 2.75) is 18.9 Å². The average molecular weight is 225 g/mol. The predicted molar refractivity (Wildman–Crippen MR) is 58.0 cm³/mol. The second-order valence-electron chi connectivity index (χ2n) is 3.62. The highest BCUT2D eigenvalue weighted by atomic mass is 16.5. The van der Waals surface area contributed by atoms with E-state index in [-0.39, 0.29) is 0 Å². The zero-order chi connectivity index (χ0) is 12.0. The number of hydrogen-bond donors (Lipinski definition) is 1. The van der Waals surface area contributed by atoms with Gasteiger partial charge in [-0.15, -0.1) is 4.91 Å². The van der Waals surface area contributed by atoms with Crippen LogP contribution in [0.1, 0.15) is 24.5 Å². The normalized spacial score (nSPS) is 12.1. The van der Waals surface area contributed by atoms with E-state index in [0.717, 1.165) is 0 Å². The minimum absolute atomic E-state index is 0.490. The van der Waals surface area contributed by atoms with Crippen LogP contribution in [0.25, 0.3) is 0 Å². The third kappa shape index (κ3) is 3.82. The predicted octanol–water partition coefficient (Wildman–Crippen LogP) is 0.747. The van der Waals surface area contributed by atoms with Crippen LogP contribution in [0.2, 0.25) is 0 Å². The number of aromatic nitrogens is 1. The Kier molecular flexibility index (Phi) is 4.65. The van der Waals surface area contributed by atoms with Crippen LogP contribution < -0.4 is 4.73 Å². The molecule has 0 bridgehead atoms. The van der Waals surface area contributed by atoms with E-state index in [0.29, 0.717) is 29.7 Å². The van der Waals surface area contributed by atoms with E-state index in [9.17, 15) is 15.2 Å². The molecule has 1 aromatic rings. The first-order valence-electron chi connectivity index (χ1n) is 5.04. The molecular formula is C10H15N3O3. The van der Waals surface area contributed by atoms with Crippen LogP contribution in [0, 0.1) is 10.1 Å². The van der Waals surface area contributed by atoms with Gasteiger partial charge in [-0.05, 0) is 18.9 Å². The second-order valence-corrected chi connectivity index (χ2v) is 3.62. The number of hydrogen-bond acceptors (Lipinski definition) is 4. The van der Waals surface area contributed by atoms with E-state index >= 15 is 0 Å². The van der Waals surface area contributed by atoms with Gasteiger partial charge in [0.2, 0.25) is 0 Å². The van der Waals surface area contributed by atoms with Crippen LogP contribution in [0.5, 0.6) is 0 Å². The summed E-state index contributed by atoms with van der Waals surface area (Å²) in [5, 5.41) is 24.7. The van der Waals surface area contributed by atoms with Crippen molar-refractivity contribution in [1.29, 1.82) is 0 Å². The van der Waals surface area contributed by atoms with E-state index in [1.54, 1.807) is 19.2 Å². The molecule has 6 heteroatoms. The summed E-state index contributed by atoms with van der Waals surface area (Å²) in [5.74, 6) is 0. The second kappa shape index (κ2) is 6.02. The summed E-state index contributed by atoms with van der Waals surface area (Å²) in [7, 11) is 1.58. The fourth-order valence-electron chi connectivity index (χ4n) is 1.39. The molecule has 0 radical (unpaired) electrons. The topological polar surface area (TPSA) is 79.8 Å². The van der Waals surface area contributed by atoms with Crippen molar-refractivity contribution in [2.75, 3.05) is 13.6 Å². The molecule has 0 saturated carbocycles. The first-order chi connectivity index (χ1) is 7.63. The molecule has 0 aliphatic rings. The summed E-state index contributed by atoms with van der Waals surface area (Å²) in [6.07, 6.45) is 3.15. The third-order valence-corrected chi connectivity index (χ3v) is 2.28. The summed E-state index contributed by atoms with van der Waals surface area (Å²) in [4.78, 5) is 10.1. The first-order valence-corrected chi connectivity index (χ1v) is 5.04. The molecule has 16 heavy (non-hydrogen) atoms. The Bertz CT molecular complexity index is 346. The summed E-state index contributed by atoms with van der Waals surface area (Å²) in [5.41, 5.74) is 0.583. The molecule has 0 aromatic carbocycles. The van der Waals surface area contributed by atoms with Crippen molar-refractivity contribution < 1.29 is 9.84 Å². The van der Waals surface area contributed by atoms with Crippen molar-refractivity contribution in [2.24, 2.45) is 5.29 Å². The summed E-state index contributed by atoms with van der Waals surface area (Å²) < 4.78 is 0.650. The summed E-state index contributed by atoms with van der Waals surface area (Å²) in [6, 6.07) is 3.28. The highest BCUT2D eigenvalue weighted by molar-refractivity contribution is 5.08. The van der Waals surface area contributed by atoms with Gasteiger partial charge >= 0.3 is 0 Å². The largest absolute Gasteiger partial charge is 0.619 e. The minimum Gasteiger partial charge on any atom is -0.619 e. The van der Waals surface area contributed by atoms with E-state index in [1.165, 1.54) is 17.4 Å². The molecule has 0 spiro atoms. The molecule has 88 valence electrons. The molecule has 0 amide bonds. The maximum Gasteiger partial charge on any atom is 0.186 e. The van der Waals surface area contributed by atoms with Crippen LogP contribution in [0.3, 0.4) is 0 Å². The maximum absolute atomic E-state index is 11.0. The first kappa shape index (κ1) is 12.4. The zero-order valence-electron chi connectivity index (χ0n) is 9.11. The van der Waals surface area contributed by atoms with Crippen LogP contribution in [-0.2, 0) is 0 Å². The number of nitrogens with zero attached hydrogens (tertiary/aromatic N) is 3. The quantitative estimate of drug-likeness (QED) is 0.335. The molecular weight excluding hydrogens is 210 g/mol. The van der Waals surface area contributed by atoms with Gasteiger partial charge < -0.3 is 10.3 Å². The van der Waals surface area contributed by atoms with E-state index in [4.69, 9.17) is 0 Å². The minimum atomic E-state index is -0.679. The van der Waals surface area contributed by atoms with Gasteiger partial charge in [-0.1, -0.05) is 0 Å². The van der Waals surface area contributed by atoms with Gasteiger partial charge in [-0.25, -0.2) is 0 Å². The summed E-state index contributed by atoms with van der Waals surface area (Å²) in [6.45, 7) is 0.491. The van der Waals surface area contributed by atoms with Gasteiger partial charge in [0.15, 0.2) is 12.4 Å². The fourth-order valence-corrected chi connectivity index (χ4v) is 1.39. The van der Waals surface area contributed by atoms with Gasteiger partial charge in [0.05, 0.1) is 11.4 Å². The number of rotatable bonds is 6. The number of aliphatic hydroxyl groups is 1. The lowest BCUT2D eigenvalue weighted by molar-refractivity contribution is -0.606. The lowest BCUT2D eigenvalue weighted by Crippen LogP contribution is -2.25. The Balaban J connectivity index is 2.40. The molecule has 1 heterocycles. The molecule has 1 atom stereocenters. The lowest BCUT2D eigenvalue weighted by Gasteiger charge is -2.12. The molecule has 1 N–H and O–H groups in total. The standard InChI is InChI=1S/C10H15N3O3/c1-12(11-15)6-3-5-10(14)9-4-2-7-13(16)8-9/h2,4,7-8,10,14H,3,5-6H2,1H3/t10-/m0/s1. The fraction of sp³-hybridized carbons (Fsp3) is 0.500.